The predicted octanol–water partition coefficient (Wildman–Crippen LogP) is 18.0. The van der Waals surface area contributed by atoms with Gasteiger partial charge in [0.15, 0.2) is 12.4 Å². The number of carboxylic acid groups (broad SMARTS) is 1. The van der Waals surface area contributed by atoms with Gasteiger partial charge in [0.05, 0.1) is 40.3 Å². The van der Waals surface area contributed by atoms with E-state index in [9.17, 15) is 19.5 Å². The SMILES string of the molecule is CC/C=C\C/C=C\C/C=C\C/C=C\CCCCCCCCCCCCCCCCCCC(=O)OC(COC(=O)CCCCCCCCCCCCC/C=C\C/C=C\CCCCCCC)COC(OCC[N+](C)(C)C)C(=O)[O-]. The lowest BCUT2D eigenvalue weighted by atomic mass is 10.0. The van der Waals surface area contributed by atoms with Gasteiger partial charge in [0.2, 0.25) is 0 Å². The normalized spacial score (nSPS) is 13.2. The van der Waals surface area contributed by atoms with E-state index < -0.39 is 24.3 Å². The number of hydrogen-bond acceptors (Lipinski definition) is 8. The van der Waals surface area contributed by atoms with E-state index in [4.69, 9.17) is 18.9 Å². The molecule has 0 N–H and O–H groups in total. The molecule has 9 nitrogen and oxygen atoms in total. The Balaban J connectivity index is 4.16. The summed E-state index contributed by atoms with van der Waals surface area (Å²) in [4.78, 5) is 37.4. The lowest BCUT2D eigenvalue weighted by Gasteiger charge is -2.26. The highest BCUT2D eigenvalue weighted by molar-refractivity contribution is 5.70. The van der Waals surface area contributed by atoms with Gasteiger partial charge in [-0.3, -0.25) is 9.59 Å². The first kappa shape index (κ1) is 73.7. The minimum atomic E-state index is -1.62. The number of nitrogens with zero attached hydrogens (tertiary/aromatic N) is 1. The Morgan fingerprint density at radius 1 is 0.403 bits per heavy atom. The van der Waals surface area contributed by atoms with Crippen molar-refractivity contribution in [2.75, 3.05) is 47.5 Å². The molecule has 0 saturated carbocycles. The molecular weight excluding hydrogens is 959 g/mol. The van der Waals surface area contributed by atoms with Crippen molar-refractivity contribution in [3.63, 3.8) is 0 Å². The highest BCUT2D eigenvalue weighted by Gasteiger charge is 2.22. The molecule has 446 valence electrons. The molecule has 0 aromatic carbocycles. The molecule has 0 fully saturated rings. The Kier molecular flexibility index (Phi) is 56.4. The molecule has 0 amide bonds. The van der Waals surface area contributed by atoms with Crippen molar-refractivity contribution in [3.05, 3.63) is 72.9 Å². The fourth-order valence-electron chi connectivity index (χ4n) is 9.03. The molecule has 0 saturated heterocycles. The number of allylic oxidation sites excluding steroid dienone is 12. The molecule has 0 spiro atoms. The Hall–Kier alpha value is -3.27. The third-order valence-corrected chi connectivity index (χ3v) is 13.9. The van der Waals surface area contributed by atoms with E-state index in [1.807, 2.05) is 21.1 Å². The van der Waals surface area contributed by atoms with Gasteiger partial charge in [-0.2, -0.15) is 0 Å². The van der Waals surface area contributed by atoms with Gasteiger partial charge in [0, 0.05) is 12.8 Å². The number of esters is 2. The summed E-state index contributed by atoms with van der Waals surface area (Å²) in [7, 11) is 5.93. The molecule has 0 bridgehead atoms. The number of unbranched alkanes of at least 4 members (excludes halogenated alkanes) is 32. The minimum Gasteiger partial charge on any atom is -0.545 e. The van der Waals surface area contributed by atoms with E-state index in [0.29, 0.717) is 17.4 Å². The first-order valence-corrected chi connectivity index (χ1v) is 32.1. The Labute approximate surface area is 475 Å². The van der Waals surface area contributed by atoms with Crippen LogP contribution in [0.3, 0.4) is 0 Å². The largest absolute Gasteiger partial charge is 0.545 e. The average molecular weight is 1080 g/mol. The quantitative estimate of drug-likeness (QED) is 0.0195. The van der Waals surface area contributed by atoms with Gasteiger partial charge in [-0.05, 0) is 83.5 Å². The minimum absolute atomic E-state index is 0.146. The smallest absolute Gasteiger partial charge is 0.306 e. The maximum atomic E-state index is 12.9. The molecule has 0 rings (SSSR count). The second-order valence-electron chi connectivity index (χ2n) is 22.7. The van der Waals surface area contributed by atoms with E-state index in [0.717, 1.165) is 64.2 Å². The van der Waals surface area contributed by atoms with Crippen molar-refractivity contribution < 1.29 is 42.9 Å². The molecular formula is C68H121NO8. The summed E-state index contributed by atoms with van der Waals surface area (Å²) in [6.45, 7) is 4.65. The molecule has 0 aliphatic carbocycles. The van der Waals surface area contributed by atoms with Gasteiger partial charge < -0.3 is 33.3 Å². The maximum Gasteiger partial charge on any atom is 0.306 e. The first-order chi connectivity index (χ1) is 37.6. The van der Waals surface area contributed by atoms with Crippen LogP contribution in [0.2, 0.25) is 0 Å². The second-order valence-corrected chi connectivity index (χ2v) is 22.7. The molecule has 0 aliphatic heterocycles. The fraction of sp³-hybridized carbons (Fsp3) is 0.779. The van der Waals surface area contributed by atoms with Gasteiger partial charge in [-0.15, -0.1) is 0 Å². The van der Waals surface area contributed by atoms with Gasteiger partial charge in [0.25, 0.3) is 0 Å². The summed E-state index contributed by atoms with van der Waals surface area (Å²) in [5.41, 5.74) is 0. The molecule has 2 unspecified atom stereocenters. The fourth-order valence-corrected chi connectivity index (χ4v) is 9.03. The monoisotopic (exact) mass is 1080 g/mol. The van der Waals surface area contributed by atoms with Gasteiger partial charge in [-0.1, -0.05) is 260 Å². The zero-order chi connectivity index (χ0) is 56.2. The van der Waals surface area contributed by atoms with Crippen molar-refractivity contribution in [2.45, 2.75) is 296 Å². The van der Waals surface area contributed by atoms with E-state index >= 15 is 0 Å². The number of carboxylic acids is 1. The van der Waals surface area contributed by atoms with Crippen LogP contribution in [0.1, 0.15) is 284 Å². The maximum absolute atomic E-state index is 12.9. The summed E-state index contributed by atoms with van der Waals surface area (Å²) in [5, 5.41) is 11.8. The lowest BCUT2D eigenvalue weighted by molar-refractivity contribution is -0.870. The van der Waals surface area contributed by atoms with Crippen LogP contribution in [-0.2, 0) is 33.3 Å². The molecule has 0 heterocycles. The van der Waals surface area contributed by atoms with Crippen LogP contribution < -0.4 is 5.11 Å². The van der Waals surface area contributed by atoms with Crippen LogP contribution in [0.4, 0.5) is 0 Å². The summed E-state index contributed by atoms with van der Waals surface area (Å²) in [6.07, 6.45) is 73.9. The molecule has 0 aromatic rings. The van der Waals surface area contributed by atoms with Crippen LogP contribution in [0, 0.1) is 0 Å². The first-order valence-electron chi connectivity index (χ1n) is 32.1. The summed E-state index contributed by atoms with van der Waals surface area (Å²) < 4.78 is 22.8. The molecule has 0 radical (unpaired) electrons. The molecule has 0 aromatic heterocycles. The van der Waals surface area contributed by atoms with Crippen molar-refractivity contribution >= 4 is 17.9 Å². The Bertz CT molecular complexity index is 1490. The number of hydrogen-bond donors (Lipinski definition) is 0. The van der Waals surface area contributed by atoms with Crippen molar-refractivity contribution in [3.8, 4) is 0 Å². The van der Waals surface area contributed by atoms with E-state index in [1.54, 1.807) is 0 Å². The lowest BCUT2D eigenvalue weighted by Crippen LogP contribution is -2.44. The third kappa shape index (κ3) is 60.2. The van der Waals surface area contributed by atoms with Gasteiger partial charge in [-0.25, -0.2) is 0 Å². The number of rotatable bonds is 59. The third-order valence-electron chi connectivity index (χ3n) is 13.9. The zero-order valence-electron chi connectivity index (χ0n) is 50.8. The van der Waals surface area contributed by atoms with Crippen LogP contribution >= 0.6 is 0 Å². The second kappa shape index (κ2) is 58.9. The topological polar surface area (TPSA) is 111 Å². The Morgan fingerprint density at radius 2 is 0.740 bits per heavy atom. The van der Waals surface area contributed by atoms with Crippen LogP contribution in [0.5, 0.6) is 0 Å². The van der Waals surface area contributed by atoms with Crippen molar-refractivity contribution in [2.24, 2.45) is 0 Å². The number of ether oxygens (including phenoxy) is 4. The summed E-state index contributed by atoms with van der Waals surface area (Å²) >= 11 is 0. The highest BCUT2D eigenvalue weighted by Crippen LogP contribution is 2.17. The van der Waals surface area contributed by atoms with Crippen molar-refractivity contribution in [1.29, 1.82) is 0 Å². The highest BCUT2D eigenvalue weighted by atomic mass is 16.7. The number of carbonyl (C=O) groups excluding carboxylic acids is 3. The van der Waals surface area contributed by atoms with Crippen LogP contribution in [0.15, 0.2) is 72.9 Å². The predicted molar refractivity (Wildman–Crippen MR) is 325 cm³/mol. The molecule has 2 atom stereocenters. The zero-order valence-corrected chi connectivity index (χ0v) is 50.8. The number of carbonyl (C=O) groups is 3. The average Bonchev–Trinajstić information content (AvgIpc) is 3.40. The molecule has 77 heavy (non-hydrogen) atoms. The van der Waals surface area contributed by atoms with Crippen LogP contribution in [-0.4, -0.2) is 82.3 Å². The standard InChI is InChI=1S/C68H121NO8/c1-6-8-10-12-14-16-18-20-22-24-26-28-30-31-32-33-34-35-37-39-41-43-45-47-49-51-53-55-57-59-66(71)77-64(63-76-68(67(72)73)74-61-60-69(3,4)5)62-75-65(70)58-56-54-52-50-48-46-44-42-40-38-36-29-27-25-23-21-19-17-15-13-11-9-7-2/h8,10,14,16,19-22,25-28,64,68H,6-7,9,11-13,15,17-18,23-24,29-63H2,1-5H3/b10-8-,16-14-,21-19-,22-20-,27-25-,28-26-. The molecule has 9 heteroatoms. The Morgan fingerprint density at radius 3 is 1.10 bits per heavy atom. The summed E-state index contributed by atoms with van der Waals surface area (Å²) in [6, 6.07) is 0. The van der Waals surface area contributed by atoms with Gasteiger partial charge in [0.1, 0.15) is 13.2 Å². The van der Waals surface area contributed by atoms with Gasteiger partial charge >= 0.3 is 11.9 Å². The number of likely N-dealkylation sites (N-methyl/N-ethyl adjacent to an activating group) is 1. The number of quaternary nitrogens is 1. The molecule has 0 aliphatic rings. The number of aliphatic carboxylic acids is 1. The van der Waals surface area contributed by atoms with E-state index in [2.05, 4.69) is 86.8 Å². The van der Waals surface area contributed by atoms with Crippen LogP contribution in [0.25, 0.3) is 0 Å². The summed E-state index contributed by atoms with van der Waals surface area (Å²) in [5.74, 6) is -2.27. The van der Waals surface area contributed by atoms with Crippen molar-refractivity contribution in [1.82, 2.24) is 0 Å². The van der Waals surface area contributed by atoms with E-state index in [-0.39, 0.29) is 38.6 Å². The van der Waals surface area contributed by atoms with E-state index in [1.165, 1.54) is 186 Å².